The highest BCUT2D eigenvalue weighted by molar-refractivity contribution is 6.07. The van der Waals surface area contributed by atoms with Crippen LogP contribution in [0.2, 0.25) is 0 Å². The van der Waals surface area contributed by atoms with Crippen LogP contribution < -0.4 is 5.32 Å². The molecule has 22 heavy (non-hydrogen) atoms. The molecule has 0 bridgehead atoms. The van der Waals surface area contributed by atoms with Gasteiger partial charge in [-0.05, 0) is 13.0 Å². The van der Waals surface area contributed by atoms with Gasteiger partial charge in [-0.25, -0.2) is 0 Å². The zero-order valence-corrected chi connectivity index (χ0v) is 13.7. The van der Waals surface area contributed by atoms with Crippen molar-refractivity contribution >= 4 is 11.7 Å². The summed E-state index contributed by atoms with van der Waals surface area (Å²) in [6.07, 6.45) is 0. The van der Waals surface area contributed by atoms with E-state index in [1.54, 1.807) is 24.3 Å². The first kappa shape index (κ1) is 18.3. The first-order chi connectivity index (χ1) is 10.7. The van der Waals surface area contributed by atoms with Gasteiger partial charge in [0.25, 0.3) is 5.91 Å². The summed E-state index contributed by atoms with van der Waals surface area (Å²) in [5.74, 6) is -0.284. The average Bonchev–Trinajstić information content (AvgIpc) is 2.57. The molecule has 122 valence electrons. The average molecular weight is 306 g/mol. The molecular weight excluding hydrogens is 280 g/mol. The maximum absolute atomic E-state index is 12.1. The molecular formula is C17H26N2O3. The van der Waals surface area contributed by atoms with Gasteiger partial charge in [0.05, 0.1) is 18.8 Å². The third-order valence-electron chi connectivity index (χ3n) is 3.37. The fourth-order valence-electron chi connectivity index (χ4n) is 2.24. The molecule has 1 aromatic rings. The van der Waals surface area contributed by atoms with E-state index in [2.05, 4.69) is 10.2 Å². The van der Waals surface area contributed by atoms with Crippen molar-refractivity contribution in [3.63, 3.8) is 0 Å². The van der Waals surface area contributed by atoms with Crippen LogP contribution in [0, 0.1) is 0 Å². The fraction of sp³-hybridized carbons (Fsp3) is 0.529. The molecule has 0 unspecified atom stereocenters. The number of hydrogen-bond donors (Lipinski definition) is 1. The Morgan fingerprint density at radius 3 is 2.32 bits per heavy atom. The molecule has 5 heteroatoms. The van der Waals surface area contributed by atoms with Crippen LogP contribution in [0.4, 0.5) is 0 Å². The van der Waals surface area contributed by atoms with Crippen LogP contribution in [0.25, 0.3) is 0 Å². The molecule has 1 fully saturated rings. The van der Waals surface area contributed by atoms with E-state index < -0.39 is 0 Å². The lowest BCUT2D eigenvalue weighted by Gasteiger charge is -2.26. The Kier molecular flexibility index (Phi) is 8.40. The van der Waals surface area contributed by atoms with Gasteiger partial charge in [-0.1, -0.05) is 32.0 Å². The van der Waals surface area contributed by atoms with Gasteiger partial charge in [0, 0.05) is 31.7 Å². The van der Waals surface area contributed by atoms with Crippen molar-refractivity contribution in [3.05, 3.63) is 35.4 Å². The highest BCUT2D eigenvalue weighted by Gasteiger charge is 2.14. The van der Waals surface area contributed by atoms with E-state index in [-0.39, 0.29) is 11.7 Å². The Bertz CT molecular complexity index is 483. The summed E-state index contributed by atoms with van der Waals surface area (Å²) in [4.78, 5) is 25.8. The molecule has 0 aromatic heterocycles. The number of nitrogens with one attached hydrogen (secondary N) is 1. The summed E-state index contributed by atoms with van der Waals surface area (Å²) in [6, 6.07) is 6.89. The minimum absolute atomic E-state index is 0.0936. The van der Waals surface area contributed by atoms with Crippen LogP contribution in [0.15, 0.2) is 24.3 Å². The number of ketones is 1. The Hall–Kier alpha value is -1.72. The van der Waals surface area contributed by atoms with Crippen LogP contribution in [0.3, 0.4) is 0 Å². The van der Waals surface area contributed by atoms with E-state index in [4.69, 9.17) is 4.74 Å². The van der Waals surface area contributed by atoms with Crippen LogP contribution in [0.5, 0.6) is 0 Å². The van der Waals surface area contributed by atoms with Crippen LogP contribution in [0.1, 0.15) is 41.5 Å². The maximum Gasteiger partial charge on any atom is 0.252 e. The maximum atomic E-state index is 12.1. The molecule has 1 aliphatic heterocycles. The van der Waals surface area contributed by atoms with Crippen molar-refractivity contribution < 1.29 is 14.3 Å². The van der Waals surface area contributed by atoms with Crippen LogP contribution >= 0.6 is 0 Å². The van der Waals surface area contributed by atoms with Gasteiger partial charge in [-0.2, -0.15) is 0 Å². The number of rotatable bonds is 5. The predicted octanol–water partition coefficient (Wildman–Crippen LogP) is 1.98. The van der Waals surface area contributed by atoms with Gasteiger partial charge in [0.2, 0.25) is 0 Å². The molecule has 0 aliphatic carbocycles. The minimum atomic E-state index is -0.191. The molecule has 1 heterocycles. The number of ether oxygens (including phenoxy) is 1. The second kappa shape index (κ2) is 10.1. The second-order valence-corrected chi connectivity index (χ2v) is 4.81. The molecule has 1 amide bonds. The number of hydrogen-bond acceptors (Lipinski definition) is 4. The van der Waals surface area contributed by atoms with E-state index in [1.165, 1.54) is 6.92 Å². The Balaban J connectivity index is 0.00000116. The summed E-state index contributed by atoms with van der Waals surface area (Å²) in [6.45, 7) is 10.2. The first-order valence-corrected chi connectivity index (χ1v) is 7.87. The third kappa shape index (κ3) is 5.58. The van der Waals surface area contributed by atoms with Crippen LogP contribution in [-0.2, 0) is 4.74 Å². The molecule has 1 aliphatic rings. The van der Waals surface area contributed by atoms with E-state index in [0.717, 1.165) is 32.8 Å². The van der Waals surface area contributed by atoms with Gasteiger partial charge in [-0.15, -0.1) is 0 Å². The fourth-order valence-corrected chi connectivity index (χ4v) is 2.24. The second-order valence-electron chi connectivity index (χ2n) is 4.81. The molecule has 0 saturated carbocycles. The minimum Gasteiger partial charge on any atom is -0.379 e. The van der Waals surface area contributed by atoms with E-state index in [9.17, 15) is 9.59 Å². The molecule has 2 rings (SSSR count). The summed E-state index contributed by atoms with van der Waals surface area (Å²) in [7, 11) is 0. The molecule has 0 radical (unpaired) electrons. The number of carbonyl (C=O) groups excluding carboxylic acids is 2. The normalized spacial score (nSPS) is 14.7. The van der Waals surface area contributed by atoms with E-state index >= 15 is 0 Å². The molecule has 5 nitrogen and oxygen atoms in total. The highest BCUT2D eigenvalue weighted by atomic mass is 16.5. The summed E-state index contributed by atoms with van der Waals surface area (Å²) in [5.41, 5.74) is 0.915. The number of Topliss-reactive ketones (excluding diaryl/α,β-unsaturated/α-hetero) is 1. The number of nitrogens with zero attached hydrogens (tertiary/aromatic N) is 1. The molecule has 0 spiro atoms. The lowest BCUT2D eigenvalue weighted by Crippen LogP contribution is -2.41. The number of morpholine rings is 1. The number of benzene rings is 1. The lowest BCUT2D eigenvalue weighted by molar-refractivity contribution is 0.0383. The predicted molar refractivity (Wildman–Crippen MR) is 87.4 cm³/mol. The molecule has 1 aromatic carbocycles. The van der Waals surface area contributed by atoms with E-state index in [0.29, 0.717) is 17.7 Å². The largest absolute Gasteiger partial charge is 0.379 e. The van der Waals surface area contributed by atoms with Gasteiger partial charge in [-0.3, -0.25) is 14.5 Å². The van der Waals surface area contributed by atoms with Crippen molar-refractivity contribution in [1.29, 1.82) is 0 Å². The SMILES string of the molecule is CC.CC(=O)c1ccccc1C(=O)NCCN1CCOCC1. The highest BCUT2D eigenvalue weighted by Crippen LogP contribution is 2.09. The van der Waals surface area contributed by atoms with Crippen molar-refractivity contribution in [2.45, 2.75) is 20.8 Å². The molecule has 1 saturated heterocycles. The van der Waals surface area contributed by atoms with Gasteiger partial charge >= 0.3 is 0 Å². The summed E-state index contributed by atoms with van der Waals surface area (Å²) >= 11 is 0. The summed E-state index contributed by atoms with van der Waals surface area (Å²) < 4.78 is 5.27. The topological polar surface area (TPSA) is 58.6 Å². The van der Waals surface area contributed by atoms with Gasteiger partial charge < -0.3 is 10.1 Å². The smallest absolute Gasteiger partial charge is 0.252 e. The lowest BCUT2D eigenvalue weighted by atomic mass is 10.0. The molecule has 1 N–H and O–H groups in total. The van der Waals surface area contributed by atoms with Crippen molar-refractivity contribution in [3.8, 4) is 0 Å². The Morgan fingerprint density at radius 2 is 1.73 bits per heavy atom. The number of carbonyl (C=O) groups is 2. The van der Waals surface area contributed by atoms with Crippen molar-refractivity contribution in [2.24, 2.45) is 0 Å². The van der Waals surface area contributed by atoms with Gasteiger partial charge in [0.15, 0.2) is 5.78 Å². The van der Waals surface area contributed by atoms with Crippen LogP contribution in [-0.4, -0.2) is 56.0 Å². The Morgan fingerprint density at radius 1 is 1.14 bits per heavy atom. The standard InChI is InChI=1S/C15H20N2O3.C2H6/c1-12(18)13-4-2-3-5-14(13)15(19)16-6-7-17-8-10-20-11-9-17;1-2/h2-5H,6-11H2,1H3,(H,16,19);1-2H3. The number of amides is 1. The zero-order valence-electron chi connectivity index (χ0n) is 13.7. The van der Waals surface area contributed by atoms with Crippen molar-refractivity contribution in [1.82, 2.24) is 10.2 Å². The summed E-state index contributed by atoms with van der Waals surface area (Å²) in [5, 5.41) is 2.87. The monoisotopic (exact) mass is 306 g/mol. The van der Waals surface area contributed by atoms with E-state index in [1.807, 2.05) is 13.8 Å². The zero-order chi connectivity index (χ0) is 16.4. The third-order valence-corrected chi connectivity index (χ3v) is 3.37. The van der Waals surface area contributed by atoms with Crippen molar-refractivity contribution in [2.75, 3.05) is 39.4 Å². The Labute approximate surface area is 132 Å². The first-order valence-electron chi connectivity index (χ1n) is 7.87. The van der Waals surface area contributed by atoms with Gasteiger partial charge in [0.1, 0.15) is 0 Å². The molecule has 0 atom stereocenters. The quantitative estimate of drug-likeness (QED) is 0.845.